The van der Waals surface area contributed by atoms with E-state index < -0.39 is 0 Å². The van der Waals surface area contributed by atoms with E-state index in [9.17, 15) is 5.11 Å². The monoisotopic (exact) mass is 200 g/mol. The topological polar surface area (TPSA) is 59.1 Å². The molecule has 0 unspecified atom stereocenters. The molecular formula is C12H12N2O. The second kappa shape index (κ2) is 4.11. The highest BCUT2D eigenvalue weighted by atomic mass is 16.3. The second-order valence-electron chi connectivity index (χ2n) is 3.21. The summed E-state index contributed by atoms with van der Waals surface area (Å²) in [5, 5.41) is 10.5. The smallest absolute Gasteiger partial charge is 0.141 e. The Balaban J connectivity index is 2.66. The molecule has 2 rings (SSSR count). The molecule has 0 fully saturated rings. The van der Waals surface area contributed by atoms with Crippen molar-refractivity contribution in [3.8, 4) is 5.75 Å². The Bertz CT molecular complexity index is 506. The molecular weight excluding hydrogens is 188 g/mol. The number of aromatic nitrogens is 1. The van der Waals surface area contributed by atoms with Gasteiger partial charge in [0.2, 0.25) is 0 Å². The lowest BCUT2D eigenvalue weighted by molar-refractivity contribution is 0.480. The van der Waals surface area contributed by atoms with Crippen LogP contribution in [-0.4, -0.2) is 16.6 Å². The Morgan fingerprint density at radius 2 is 2.20 bits per heavy atom. The van der Waals surface area contributed by atoms with Gasteiger partial charge in [-0.3, -0.25) is 4.98 Å². The fourth-order valence-corrected chi connectivity index (χ4v) is 1.52. The number of phenolic OH excluding ortho intramolecular Hbond substituents is 1. The lowest BCUT2D eigenvalue weighted by atomic mass is 10.1. The summed E-state index contributed by atoms with van der Waals surface area (Å²) in [4.78, 5) is 4.13. The van der Waals surface area contributed by atoms with Gasteiger partial charge in [-0.25, -0.2) is 0 Å². The molecule has 1 aromatic heterocycles. The molecule has 0 saturated heterocycles. The predicted octanol–water partition coefficient (Wildman–Crippen LogP) is 1.91. The van der Waals surface area contributed by atoms with Gasteiger partial charge in [-0.1, -0.05) is 24.3 Å². The summed E-state index contributed by atoms with van der Waals surface area (Å²) in [5.41, 5.74) is 7.04. The third kappa shape index (κ3) is 1.82. The van der Waals surface area contributed by atoms with Gasteiger partial charge < -0.3 is 10.8 Å². The minimum atomic E-state index is 0.204. The Hall–Kier alpha value is -1.87. The number of rotatable bonds is 2. The minimum absolute atomic E-state index is 0.204. The molecule has 0 saturated carbocycles. The maximum atomic E-state index is 9.61. The van der Waals surface area contributed by atoms with Crippen LogP contribution in [0.4, 0.5) is 0 Å². The lowest BCUT2D eigenvalue weighted by Crippen LogP contribution is -1.92. The van der Waals surface area contributed by atoms with Crippen LogP contribution in [0, 0.1) is 0 Å². The molecule has 15 heavy (non-hydrogen) atoms. The van der Waals surface area contributed by atoms with E-state index >= 15 is 0 Å². The summed E-state index contributed by atoms with van der Waals surface area (Å²) in [6.45, 7) is 0.503. The van der Waals surface area contributed by atoms with Gasteiger partial charge in [0.15, 0.2) is 0 Å². The van der Waals surface area contributed by atoms with Crippen molar-refractivity contribution in [1.82, 2.24) is 4.98 Å². The van der Waals surface area contributed by atoms with Crippen LogP contribution in [0.25, 0.3) is 17.0 Å². The van der Waals surface area contributed by atoms with E-state index in [1.54, 1.807) is 12.3 Å². The third-order valence-corrected chi connectivity index (χ3v) is 2.22. The number of pyridine rings is 1. The molecule has 3 nitrogen and oxygen atoms in total. The number of nitrogens with zero attached hydrogens (tertiary/aromatic N) is 1. The van der Waals surface area contributed by atoms with E-state index in [0.717, 1.165) is 10.9 Å². The standard InChI is InChI=1S/C12H12N2O/c13-7-1-3-9-5-6-11(15)12-10(9)4-2-8-14-12/h1-6,8,15H,7,13H2/b3-1+. The number of benzene rings is 1. The lowest BCUT2D eigenvalue weighted by Gasteiger charge is -2.03. The van der Waals surface area contributed by atoms with Crippen molar-refractivity contribution in [2.24, 2.45) is 5.73 Å². The zero-order chi connectivity index (χ0) is 10.7. The van der Waals surface area contributed by atoms with Gasteiger partial charge >= 0.3 is 0 Å². The number of phenols is 1. The highest BCUT2D eigenvalue weighted by Gasteiger charge is 2.02. The Kier molecular flexibility index (Phi) is 2.65. The molecule has 1 aromatic carbocycles. The van der Waals surface area contributed by atoms with Crippen LogP contribution in [0.15, 0.2) is 36.5 Å². The van der Waals surface area contributed by atoms with E-state index in [1.165, 1.54) is 0 Å². The molecule has 0 bridgehead atoms. The zero-order valence-corrected chi connectivity index (χ0v) is 8.22. The first-order valence-corrected chi connectivity index (χ1v) is 4.76. The molecule has 1 heterocycles. The first kappa shape index (κ1) is 9.68. The molecule has 0 radical (unpaired) electrons. The van der Waals surface area contributed by atoms with Crippen LogP contribution in [0.3, 0.4) is 0 Å². The average molecular weight is 200 g/mol. The highest BCUT2D eigenvalue weighted by molar-refractivity contribution is 5.91. The van der Waals surface area contributed by atoms with Gasteiger partial charge in [0.05, 0.1) is 0 Å². The number of hydrogen-bond acceptors (Lipinski definition) is 3. The van der Waals surface area contributed by atoms with Crippen LogP contribution in [-0.2, 0) is 0 Å². The van der Waals surface area contributed by atoms with Crippen molar-refractivity contribution in [3.05, 3.63) is 42.1 Å². The van der Waals surface area contributed by atoms with Crippen LogP contribution >= 0.6 is 0 Å². The van der Waals surface area contributed by atoms with E-state index in [4.69, 9.17) is 5.73 Å². The summed E-state index contributed by atoms with van der Waals surface area (Å²) < 4.78 is 0. The number of fused-ring (bicyclic) bond motifs is 1. The maximum Gasteiger partial charge on any atom is 0.141 e. The molecule has 0 atom stereocenters. The quantitative estimate of drug-likeness (QED) is 0.778. The van der Waals surface area contributed by atoms with Crippen LogP contribution in [0.2, 0.25) is 0 Å². The summed E-state index contributed by atoms with van der Waals surface area (Å²) in [5.74, 6) is 0.204. The zero-order valence-electron chi connectivity index (χ0n) is 8.22. The van der Waals surface area contributed by atoms with Gasteiger partial charge in [0.25, 0.3) is 0 Å². The summed E-state index contributed by atoms with van der Waals surface area (Å²) in [7, 11) is 0. The molecule has 3 heteroatoms. The molecule has 76 valence electrons. The first-order valence-electron chi connectivity index (χ1n) is 4.76. The summed E-state index contributed by atoms with van der Waals surface area (Å²) in [6, 6.07) is 7.27. The van der Waals surface area contributed by atoms with Crippen molar-refractivity contribution in [2.75, 3.05) is 6.54 Å². The van der Waals surface area contributed by atoms with Crippen molar-refractivity contribution >= 4 is 17.0 Å². The number of aromatic hydroxyl groups is 1. The summed E-state index contributed by atoms with van der Waals surface area (Å²) >= 11 is 0. The molecule has 3 N–H and O–H groups in total. The Labute approximate surface area is 87.9 Å². The molecule has 0 aliphatic heterocycles. The van der Waals surface area contributed by atoms with Crippen molar-refractivity contribution in [1.29, 1.82) is 0 Å². The third-order valence-electron chi connectivity index (χ3n) is 2.22. The van der Waals surface area contributed by atoms with Gasteiger partial charge in [-0.2, -0.15) is 0 Å². The fourth-order valence-electron chi connectivity index (χ4n) is 1.52. The van der Waals surface area contributed by atoms with Crippen molar-refractivity contribution in [2.45, 2.75) is 0 Å². The van der Waals surface area contributed by atoms with E-state index in [1.807, 2.05) is 30.4 Å². The molecule has 0 spiro atoms. The fraction of sp³-hybridized carbons (Fsp3) is 0.0833. The first-order chi connectivity index (χ1) is 7.33. The predicted molar refractivity (Wildman–Crippen MR) is 61.5 cm³/mol. The maximum absolute atomic E-state index is 9.61. The van der Waals surface area contributed by atoms with Gasteiger partial charge in [0, 0.05) is 18.1 Å². The van der Waals surface area contributed by atoms with Gasteiger partial charge in [-0.15, -0.1) is 0 Å². The van der Waals surface area contributed by atoms with E-state index in [2.05, 4.69) is 4.98 Å². The number of nitrogens with two attached hydrogens (primary N) is 1. The average Bonchev–Trinajstić information content (AvgIpc) is 2.29. The molecule has 0 aliphatic carbocycles. The van der Waals surface area contributed by atoms with Crippen LogP contribution in [0.1, 0.15) is 5.56 Å². The Morgan fingerprint density at radius 3 is 3.00 bits per heavy atom. The molecule has 2 aromatic rings. The molecule has 0 aliphatic rings. The highest BCUT2D eigenvalue weighted by Crippen LogP contribution is 2.25. The van der Waals surface area contributed by atoms with Gasteiger partial charge in [-0.05, 0) is 17.7 Å². The number of hydrogen-bond donors (Lipinski definition) is 2. The summed E-state index contributed by atoms with van der Waals surface area (Å²) in [6.07, 6.45) is 5.47. The van der Waals surface area contributed by atoms with Crippen LogP contribution in [0.5, 0.6) is 5.75 Å². The van der Waals surface area contributed by atoms with Crippen LogP contribution < -0.4 is 5.73 Å². The Morgan fingerprint density at radius 1 is 1.33 bits per heavy atom. The normalized spacial score (nSPS) is 11.3. The minimum Gasteiger partial charge on any atom is -0.506 e. The SMILES string of the molecule is NC/C=C/c1ccc(O)c2ncccc12. The van der Waals surface area contributed by atoms with Crippen molar-refractivity contribution < 1.29 is 5.11 Å². The van der Waals surface area contributed by atoms with E-state index in [0.29, 0.717) is 12.1 Å². The largest absolute Gasteiger partial charge is 0.506 e. The second-order valence-corrected chi connectivity index (χ2v) is 3.21. The van der Waals surface area contributed by atoms with E-state index in [-0.39, 0.29) is 5.75 Å². The van der Waals surface area contributed by atoms with Crippen molar-refractivity contribution in [3.63, 3.8) is 0 Å². The van der Waals surface area contributed by atoms with Gasteiger partial charge in [0.1, 0.15) is 11.3 Å². The molecule has 0 amide bonds.